The van der Waals surface area contributed by atoms with Crippen molar-refractivity contribution < 1.29 is 18.7 Å². The summed E-state index contributed by atoms with van der Waals surface area (Å²) in [4.78, 5) is 12.8. The van der Waals surface area contributed by atoms with Gasteiger partial charge in [-0.3, -0.25) is 4.79 Å². The monoisotopic (exact) mass is 469 g/mol. The molecular weight excluding hydrogens is 438 g/mol. The number of amides is 1. The Morgan fingerprint density at radius 2 is 1.69 bits per heavy atom. The van der Waals surface area contributed by atoms with Gasteiger partial charge in [0.15, 0.2) is 0 Å². The molecule has 4 rings (SSSR count). The lowest BCUT2D eigenvalue weighted by molar-refractivity contribution is -0.117. The van der Waals surface area contributed by atoms with E-state index in [0.29, 0.717) is 11.3 Å². The number of hydrogen-bond acceptors (Lipinski definition) is 4. The molecule has 180 valence electrons. The minimum atomic E-state index is -0.123. The number of aryl methyl sites for hydroxylation is 1. The van der Waals surface area contributed by atoms with Gasteiger partial charge in [0.25, 0.3) is 0 Å². The van der Waals surface area contributed by atoms with Crippen LogP contribution in [0.25, 0.3) is 27.7 Å². The number of fused-ring (bicyclic) bond motifs is 1. The summed E-state index contributed by atoms with van der Waals surface area (Å²) in [6.07, 6.45) is 5.15. The molecule has 0 aliphatic rings. The number of para-hydroxylation sites is 1. The van der Waals surface area contributed by atoms with Crippen LogP contribution in [0, 0.1) is 0 Å². The highest BCUT2D eigenvalue weighted by Gasteiger charge is 2.17. The van der Waals surface area contributed by atoms with Crippen LogP contribution in [0.15, 0.2) is 83.5 Å². The summed E-state index contributed by atoms with van der Waals surface area (Å²) >= 11 is 0. The molecule has 1 atom stereocenters. The van der Waals surface area contributed by atoms with E-state index in [1.807, 2.05) is 68.4 Å². The molecule has 5 heteroatoms. The zero-order chi connectivity index (χ0) is 24.8. The summed E-state index contributed by atoms with van der Waals surface area (Å²) in [5, 5.41) is 4.01. The molecule has 0 aliphatic carbocycles. The third-order valence-corrected chi connectivity index (χ3v) is 6.16. The lowest BCUT2D eigenvalue weighted by Crippen LogP contribution is -2.31. The van der Waals surface area contributed by atoms with Crippen LogP contribution in [0.4, 0.5) is 0 Å². The van der Waals surface area contributed by atoms with Gasteiger partial charge in [0, 0.05) is 40.3 Å². The van der Waals surface area contributed by atoms with Crippen LogP contribution < -0.4 is 14.8 Å². The molecule has 0 aliphatic heterocycles. The largest absolute Gasteiger partial charge is 0.496 e. The number of allylic oxidation sites excluding steroid dienone is 1. The second kappa shape index (κ2) is 11.0. The van der Waals surface area contributed by atoms with E-state index in [2.05, 4.69) is 17.4 Å². The molecule has 0 saturated carbocycles. The van der Waals surface area contributed by atoms with Crippen LogP contribution in [-0.2, 0) is 11.2 Å². The fraction of sp³-hybridized carbons (Fsp3) is 0.233. The number of hydrogen-bond donors (Lipinski definition) is 1. The van der Waals surface area contributed by atoms with Gasteiger partial charge in [-0.05, 0) is 50.0 Å². The van der Waals surface area contributed by atoms with Gasteiger partial charge in [0.2, 0.25) is 5.91 Å². The lowest BCUT2D eigenvalue weighted by Gasteiger charge is -2.14. The summed E-state index contributed by atoms with van der Waals surface area (Å²) in [7, 11) is 3.27. The summed E-state index contributed by atoms with van der Waals surface area (Å²) in [6, 6.07) is 22.1. The van der Waals surface area contributed by atoms with Crippen LogP contribution in [0.3, 0.4) is 0 Å². The van der Waals surface area contributed by atoms with Gasteiger partial charge in [-0.25, -0.2) is 0 Å². The van der Waals surface area contributed by atoms with E-state index < -0.39 is 0 Å². The number of nitrogens with one attached hydrogen (secondary N) is 1. The van der Waals surface area contributed by atoms with Gasteiger partial charge in [-0.2, -0.15) is 0 Å². The van der Waals surface area contributed by atoms with Gasteiger partial charge in [-0.1, -0.05) is 48.5 Å². The average molecular weight is 470 g/mol. The zero-order valence-corrected chi connectivity index (χ0v) is 20.6. The third kappa shape index (κ3) is 5.57. The zero-order valence-electron chi connectivity index (χ0n) is 20.6. The van der Waals surface area contributed by atoms with Gasteiger partial charge in [-0.15, -0.1) is 0 Å². The number of rotatable bonds is 9. The van der Waals surface area contributed by atoms with Crippen molar-refractivity contribution in [3.8, 4) is 22.6 Å². The van der Waals surface area contributed by atoms with Crippen molar-refractivity contribution in [2.24, 2.45) is 0 Å². The summed E-state index contributed by atoms with van der Waals surface area (Å²) in [5.74, 6) is 1.29. The lowest BCUT2D eigenvalue weighted by atomic mass is 9.98. The first kappa shape index (κ1) is 24.1. The maximum atomic E-state index is 12.8. The molecule has 5 nitrogen and oxygen atoms in total. The highest BCUT2D eigenvalue weighted by molar-refractivity contribution is 6.01. The van der Waals surface area contributed by atoms with Gasteiger partial charge in [0.1, 0.15) is 17.1 Å². The molecule has 0 radical (unpaired) electrons. The molecule has 1 N–H and O–H groups in total. The average Bonchev–Trinajstić information content (AvgIpc) is 3.29. The highest BCUT2D eigenvalue weighted by atomic mass is 16.5. The maximum absolute atomic E-state index is 12.8. The fourth-order valence-electron chi connectivity index (χ4n) is 4.27. The molecule has 0 spiro atoms. The number of ether oxygens (including phenoxy) is 2. The minimum absolute atomic E-state index is 0.0575. The van der Waals surface area contributed by atoms with Gasteiger partial charge < -0.3 is 19.2 Å². The Morgan fingerprint density at radius 3 is 2.43 bits per heavy atom. The Bertz CT molecular complexity index is 1340. The number of carbonyl (C=O) groups is 1. The van der Waals surface area contributed by atoms with Crippen molar-refractivity contribution >= 4 is 22.4 Å². The minimum Gasteiger partial charge on any atom is -0.496 e. The number of benzene rings is 3. The molecule has 0 bridgehead atoms. The van der Waals surface area contributed by atoms with Crippen LogP contribution in [0.2, 0.25) is 0 Å². The fourth-order valence-corrected chi connectivity index (χ4v) is 4.27. The number of furan rings is 1. The Morgan fingerprint density at radius 1 is 0.971 bits per heavy atom. The number of methoxy groups -OCH3 is 2. The van der Waals surface area contributed by atoms with Crippen molar-refractivity contribution in [1.29, 1.82) is 0 Å². The molecule has 35 heavy (non-hydrogen) atoms. The molecule has 4 aromatic rings. The summed E-state index contributed by atoms with van der Waals surface area (Å²) in [6.45, 7) is 3.95. The van der Waals surface area contributed by atoms with E-state index >= 15 is 0 Å². The molecule has 0 saturated heterocycles. The Balaban J connectivity index is 1.57. The van der Waals surface area contributed by atoms with Crippen LogP contribution in [0.5, 0.6) is 11.5 Å². The third-order valence-electron chi connectivity index (χ3n) is 6.16. The topological polar surface area (TPSA) is 60.7 Å². The van der Waals surface area contributed by atoms with E-state index in [9.17, 15) is 4.79 Å². The van der Waals surface area contributed by atoms with Crippen molar-refractivity contribution in [3.05, 3.63) is 90.2 Å². The predicted octanol–water partition coefficient (Wildman–Crippen LogP) is 6.66. The van der Waals surface area contributed by atoms with Crippen LogP contribution in [-0.4, -0.2) is 26.2 Å². The molecule has 1 amide bonds. The van der Waals surface area contributed by atoms with Crippen molar-refractivity contribution in [2.45, 2.75) is 32.7 Å². The van der Waals surface area contributed by atoms with Crippen molar-refractivity contribution in [3.63, 3.8) is 0 Å². The maximum Gasteiger partial charge on any atom is 0.244 e. The smallest absolute Gasteiger partial charge is 0.244 e. The SMILES string of the molecule is COc1cc2occ(-c3ccccc3OC)c2cc1/C(C)=C/C(=O)NC(C)CCc1ccccc1. The molecule has 1 aromatic heterocycles. The quantitative estimate of drug-likeness (QED) is 0.279. The van der Waals surface area contributed by atoms with Crippen molar-refractivity contribution in [1.82, 2.24) is 5.32 Å². The van der Waals surface area contributed by atoms with E-state index in [0.717, 1.165) is 46.2 Å². The Kier molecular flexibility index (Phi) is 7.56. The van der Waals surface area contributed by atoms with E-state index in [1.165, 1.54) is 5.56 Å². The first-order valence-corrected chi connectivity index (χ1v) is 11.8. The normalized spacial score (nSPS) is 12.4. The van der Waals surface area contributed by atoms with Crippen LogP contribution in [0.1, 0.15) is 31.4 Å². The van der Waals surface area contributed by atoms with Crippen molar-refractivity contribution in [2.75, 3.05) is 14.2 Å². The first-order chi connectivity index (χ1) is 17.0. The predicted molar refractivity (Wildman–Crippen MR) is 141 cm³/mol. The second-order valence-corrected chi connectivity index (χ2v) is 8.66. The van der Waals surface area contributed by atoms with Gasteiger partial charge in [0.05, 0.1) is 20.5 Å². The van der Waals surface area contributed by atoms with E-state index in [4.69, 9.17) is 13.9 Å². The second-order valence-electron chi connectivity index (χ2n) is 8.66. The molecule has 1 heterocycles. The molecular formula is C30H31NO4. The Labute approximate surface area is 206 Å². The van der Waals surface area contributed by atoms with E-state index in [-0.39, 0.29) is 11.9 Å². The van der Waals surface area contributed by atoms with E-state index in [1.54, 1.807) is 26.6 Å². The standard InChI is InChI=1S/C30H31NO4/c1-20(16-30(32)31-21(2)14-15-22-10-6-5-7-11-22)24-17-25-26(19-35-29(25)18-28(24)34-4)23-12-8-9-13-27(23)33-3/h5-13,16-19,21H,14-15H2,1-4H3,(H,31,32)/b20-16+. The molecule has 3 aromatic carbocycles. The molecule has 1 unspecified atom stereocenters. The highest BCUT2D eigenvalue weighted by Crippen LogP contribution is 2.40. The number of carbonyl (C=O) groups excluding carboxylic acids is 1. The Hall–Kier alpha value is -3.99. The summed E-state index contributed by atoms with van der Waals surface area (Å²) in [5.41, 5.74) is 5.49. The first-order valence-electron chi connectivity index (χ1n) is 11.8. The summed E-state index contributed by atoms with van der Waals surface area (Å²) < 4.78 is 17.0. The van der Waals surface area contributed by atoms with Gasteiger partial charge >= 0.3 is 0 Å². The van der Waals surface area contributed by atoms with Crippen LogP contribution >= 0.6 is 0 Å². The molecule has 0 fully saturated rings.